The van der Waals surface area contributed by atoms with Gasteiger partial charge in [0.25, 0.3) is 0 Å². The van der Waals surface area contributed by atoms with Crippen LogP contribution >= 0.6 is 0 Å². The van der Waals surface area contributed by atoms with Crippen molar-refractivity contribution >= 4 is 15.6 Å². The monoisotopic (exact) mass is 280 g/mol. The Kier molecular flexibility index (Phi) is 4.09. The smallest absolute Gasteiger partial charge is 0.180 e. The van der Waals surface area contributed by atoms with Gasteiger partial charge in [0, 0.05) is 5.56 Å². The van der Waals surface area contributed by atoms with Crippen molar-refractivity contribution in [3.8, 4) is 0 Å². The van der Waals surface area contributed by atoms with Crippen molar-refractivity contribution in [3.05, 3.63) is 35.4 Å². The molecule has 1 saturated heterocycles. The third kappa shape index (κ3) is 3.06. The van der Waals surface area contributed by atoms with E-state index in [2.05, 4.69) is 13.8 Å². The first-order chi connectivity index (χ1) is 8.92. The lowest BCUT2D eigenvalue weighted by Gasteiger charge is -2.21. The highest BCUT2D eigenvalue weighted by Gasteiger charge is 2.35. The van der Waals surface area contributed by atoms with E-state index in [-0.39, 0.29) is 11.5 Å². The number of sulfone groups is 1. The highest BCUT2D eigenvalue weighted by Crippen LogP contribution is 2.24. The number of rotatable bonds is 3. The SMILES string of the molecule is CC(C)c1ccc(C(=O)C2CCCCS2(=O)=O)cc1. The van der Waals surface area contributed by atoms with Crippen LogP contribution in [0.15, 0.2) is 24.3 Å². The number of benzene rings is 1. The third-order valence-electron chi connectivity index (χ3n) is 3.73. The van der Waals surface area contributed by atoms with Gasteiger partial charge in [-0.2, -0.15) is 0 Å². The molecule has 3 nitrogen and oxygen atoms in total. The molecule has 1 aromatic carbocycles. The molecule has 0 spiro atoms. The molecular formula is C15H20O3S. The van der Waals surface area contributed by atoms with Gasteiger partial charge in [-0.05, 0) is 24.3 Å². The Balaban J connectivity index is 2.24. The quantitative estimate of drug-likeness (QED) is 0.800. The molecule has 1 aromatic rings. The molecule has 0 amide bonds. The van der Waals surface area contributed by atoms with Crippen molar-refractivity contribution in [2.45, 2.75) is 44.3 Å². The Morgan fingerprint density at radius 1 is 1.16 bits per heavy atom. The van der Waals surface area contributed by atoms with Crippen LogP contribution in [0.1, 0.15) is 54.9 Å². The molecule has 0 N–H and O–H groups in total. The van der Waals surface area contributed by atoms with Crippen LogP contribution in [0.4, 0.5) is 0 Å². The highest BCUT2D eigenvalue weighted by atomic mass is 32.2. The van der Waals surface area contributed by atoms with Crippen LogP contribution in [0.2, 0.25) is 0 Å². The standard InChI is InChI=1S/C15H20O3S/c1-11(2)12-6-8-13(9-7-12)15(16)14-5-3-4-10-19(14,17)18/h6-9,11,14H,3-5,10H2,1-2H3. The Labute approximate surface area is 114 Å². The van der Waals surface area contributed by atoms with Gasteiger partial charge in [-0.1, -0.05) is 44.5 Å². The molecule has 0 radical (unpaired) electrons. The summed E-state index contributed by atoms with van der Waals surface area (Å²) in [4.78, 5) is 12.3. The van der Waals surface area contributed by atoms with Gasteiger partial charge >= 0.3 is 0 Å². The normalized spacial score (nSPS) is 22.4. The summed E-state index contributed by atoms with van der Waals surface area (Å²) in [6.45, 7) is 4.17. The van der Waals surface area contributed by atoms with E-state index in [0.29, 0.717) is 24.3 Å². The maximum absolute atomic E-state index is 12.3. The van der Waals surface area contributed by atoms with E-state index in [9.17, 15) is 13.2 Å². The van der Waals surface area contributed by atoms with E-state index < -0.39 is 15.1 Å². The van der Waals surface area contributed by atoms with Gasteiger partial charge in [0.1, 0.15) is 5.25 Å². The van der Waals surface area contributed by atoms with Crippen molar-refractivity contribution in [1.82, 2.24) is 0 Å². The van der Waals surface area contributed by atoms with Gasteiger partial charge in [0.2, 0.25) is 0 Å². The van der Waals surface area contributed by atoms with Gasteiger partial charge in [0.15, 0.2) is 15.6 Å². The molecule has 0 bridgehead atoms. The van der Waals surface area contributed by atoms with E-state index in [1.54, 1.807) is 12.1 Å². The van der Waals surface area contributed by atoms with Crippen molar-refractivity contribution < 1.29 is 13.2 Å². The van der Waals surface area contributed by atoms with Crippen LogP contribution in [0.25, 0.3) is 0 Å². The van der Waals surface area contributed by atoms with E-state index in [1.807, 2.05) is 12.1 Å². The first-order valence-corrected chi connectivity index (χ1v) is 8.49. The van der Waals surface area contributed by atoms with Crippen LogP contribution in [0.3, 0.4) is 0 Å². The fraction of sp³-hybridized carbons (Fsp3) is 0.533. The van der Waals surface area contributed by atoms with E-state index in [1.165, 1.54) is 0 Å². The molecular weight excluding hydrogens is 260 g/mol. The molecule has 1 atom stereocenters. The predicted octanol–water partition coefficient (Wildman–Crippen LogP) is 2.96. The topological polar surface area (TPSA) is 51.2 Å². The molecule has 1 aliphatic rings. The average molecular weight is 280 g/mol. The predicted molar refractivity (Wildman–Crippen MR) is 76.3 cm³/mol. The fourth-order valence-corrected chi connectivity index (χ4v) is 4.35. The molecule has 4 heteroatoms. The Morgan fingerprint density at radius 2 is 1.79 bits per heavy atom. The number of carbonyl (C=O) groups excluding carboxylic acids is 1. The number of ketones is 1. The van der Waals surface area contributed by atoms with Crippen LogP contribution in [0, 0.1) is 0 Å². The van der Waals surface area contributed by atoms with Gasteiger partial charge < -0.3 is 0 Å². The zero-order chi connectivity index (χ0) is 14.0. The van der Waals surface area contributed by atoms with Crippen molar-refractivity contribution in [2.75, 3.05) is 5.75 Å². The van der Waals surface area contributed by atoms with Crippen LogP contribution in [0.5, 0.6) is 0 Å². The summed E-state index contributed by atoms with van der Waals surface area (Å²) >= 11 is 0. The summed E-state index contributed by atoms with van der Waals surface area (Å²) < 4.78 is 23.9. The Bertz CT molecular complexity index is 556. The van der Waals surface area contributed by atoms with Gasteiger partial charge in [-0.25, -0.2) is 8.42 Å². The molecule has 0 saturated carbocycles. The number of hydrogen-bond donors (Lipinski definition) is 0. The van der Waals surface area contributed by atoms with Gasteiger partial charge in [-0.3, -0.25) is 4.79 Å². The number of hydrogen-bond acceptors (Lipinski definition) is 3. The summed E-state index contributed by atoms with van der Waals surface area (Å²) in [5.41, 5.74) is 1.67. The minimum atomic E-state index is -3.25. The summed E-state index contributed by atoms with van der Waals surface area (Å²) in [7, 11) is -3.25. The van der Waals surface area contributed by atoms with Crippen LogP contribution in [-0.2, 0) is 9.84 Å². The Morgan fingerprint density at radius 3 is 2.32 bits per heavy atom. The Hall–Kier alpha value is -1.16. The first-order valence-electron chi connectivity index (χ1n) is 6.77. The highest BCUT2D eigenvalue weighted by molar-refractivity contribution is 7.92. The maximum Gasteiger partial charge on any atom is 0.180 e. The van der Waals surface area contributed by atoms with Crippen molar-refractivity contribution in [3.63, 3.8) is 0 Å². The molecule has 1 aliphatic heterocycles. The molecule has 1 heterocycles. The first kappa shape index (κ1) is 14.3. The second-order valence-electron chi connectivity index (χ2n) is 5.49. The van der Waals surface area contributed by atoms with Crippen molar-refractivity contribution in [2.24, 2.45) is 0 Å². The lowest BCUT2D eigenvalue weighted by atomic mass is 9.98. The van der Waals surface area contributed by atoms with E-state index in [0.717, 1.165) is 12.0 Å². The summed E-state index contributed by atoms with van der Waals surface area (Å²) in [6.07, 6.45) is 1.96. The van der Waals surface area contributed by atoms with E-state index >= 15 is 0 Å². The molecule has 19 heavy (non-hydrogen) atoms. The van der Waals surface area contributed by atoms with Crippen molar-refractivity contribution in [1.29, 1.82) is 0 Å². The maximum atomic E-state index is 12.3. The lowest BCUT2D eigenvalue weighted by Crippen LogP contribution is -2.35. The number of Topliss-reactive ketones (excluding diaryl/α,β-unsaturated/α-hetero) is 1. The molecule has 2 rings (SSSR count). The van der Waals surface area contributed by atoms with Gasteiger partial charge in [0.05, 0.1) is 5.75 Å². The summed E-state index contributed by atoms with van der Waals surface area (Å²) in [5, 5.41) is -0.828. The van der Waals surface area contributed by atoms with Gasteiger partial charge in [-0.15, -0.1) is 0 Å². The molecule has 104 valence electrons. The zero-order valence-corrected chi connectivity index (χ0v) is 12.2. The summed E-state index contributed by atoms with van der Waals surface area (Å²) in [6, 6.07) is 7.32. The summed E-state index contributed by atoms with van der Waals surface area (Å²) in [5.74, 6) is 0.311. The van der Waals surface area contributed by atoms with Crippen LogP contribution in [-0.4, -0.2) is 25.2 Å². The zero-order valence-electron chi connectivity index (χ0n) is 11.4. The lowest BCUT2D eigenvalue weighted by molar-refractivity contribution is 0.0981. The molecule has 1 unspecified atom stereocenters. The fourth-order valence-electron chi connectivity index (χ4n) is 2.47. The molecule has 0 aliphatic carbocycles. The largest absolute Gasteiger partial charge is 0.293 e. The second-order valence-corrected chi connectivity index (χ2v) is 7.80. The minimum absolute atomic E-state index is 0.146. The number of carbonyl (C=O) groups is 1. The second kappa shape index (κ2) is 5.45. The molecule has 1 fully saturated rings. The van der Waals surface area contributed by atoms with E-state index in [4.69, 9.17) is 0 Å². The minimum Gasteiger partial charge on any atom is -0.293 e. The molecule has 0 aromatic heterocycles. The van der Waals surface area contributed by atoms with Crippen LogP contribution < -0.4 is 0 Å². The third-order valence-corrected chi connectivity index (χ3v) is 5.91. The average Bonchev–Trinajstić information content (AvgIpc) is 2.37.